The fourth-order valence-corrected chi connectivity index (χ4v) is 5.64. The number of nitrogens with zero attached hydrogens (tertiary/aromatic N) is 7. The van der Waals surface area contributed by atoms with Gasteiger partial charge in [0.15, 0.2) is 0 Å². The lowest BCUT2D eigenvalue weighted by molar-refractivity contribution is 0.186. The number of halogens is 1. The number of aromatic amines is 1. The molecule has 0 saturated carbocycles. The number of methoxy groups -OCH3 is 1. The summed E-state index contributed by atoms with van der Waals surface area (Å²) in [5, 5.41) is 21.6. The Balaban J connectivity index is 1.31. The molecule has 214 valence electrons. The molecular formula is C29H27ClN8O4. The molecule has 4 heterocycles. The van der Waals surface area contributed by atoms with Crippen LogP contribution in [0.4, 0.5) is 10.5 Å². The number of aryl methyl sites for hydroxylation is 2. The fourth-order valence-electron chi connectivity index (χ4n) is 5.47. The smallest absolute Gasteiger partial charge is 0.411 e. The predicted molar refractivity (Wildman–Crippen MR) is 156 cm³/mol. The number of fused-ring (bicyclic) bond motifs is 1. The van der Waals surface area contributed by atoms with Crippen molar-refractivity contribution in [2.24, 2.45) is 0 Å². The van der Waals surface area contributed by atoms with Crippen LogP contribution in [0.15, 0.2) is 65.7 Å². The first kappa shape index (κ1) is 27.4. The number of carboxylic acid groups (broad SMARTS) is 1. The van der Waals surface area contributed by atoms with Gasteiger partial charge in [0.25, 0.3) is 5.56 Å². The molecule has 12 nitrogen and oxygen atoms in total. The maximum absolute atomic E-state index is 13.5. The first-order valence-electron chi connectivity index (χ1n) is 13.3. The lowest BCUT2D eigenvalue weighted by Gasteiger charge is -2.19. The number of hydrogen-bond acceptors (Lipinski definition) is 7. The van der Waals surface area contributed by atoms with E-state index < -0.39 is 6.09 Å². The van der Waals surface area contributed by atoms with Gasteiger partial charge in [-0.15, -0.1) is 5.10 Å². The Labute approximate surface area is 245 Å². The van der Waals surface area contributed by atoms with Gasteiger partial charge >= 0.3 is 6.09 Å². The predicted octanol–water partition coefficient (Wildman–Crippen LogP) is 4.51. The van der Waals surface area contributed by atoms with Crippen molar-refractivity contribution in [1.29, 1.82) is 0 Å². The number of aromatic nitrogens is 7. The second-order valence-electron chi connectivity index (χ2n) is 9.97. The minimum atomic E-state index is -1.05. The van der Waals surface area contributed by atoms with Crippen molar-refractivity contribution in [1.82, 2.24) is 34.7 Å². The van der Waals surface area contributed by atoms with Crippen LogP contribution >= 0.6 is 11.6 Å². The van der Waals surface area contributed by atoms with E-state index in [1.54, 1.807) is 34.9 Å². The average molecular weight is 587 g/mol. The van der Waals surface area contributed by atoms with E-state index in [4.69, 9.17) is 21.3 Å². The van der Waals surface area contributed by atoms with Crippen LogP contribution in [0.25, 0.3) is 28.1 Å². The Kier molecular flexibility index (Phi) is 7.31. The summed E-state index contributed by atoms with van der Waals surface area (Å²) < 4.78 is 8.36. The summed E-state index contributed by atoms with van der Waals surface area (Å²) in [6.45, 7) is 2.43. The molecule has 2 aromatic carbocycles. The number of carbonyl (C=O) groups is 1. The van der Waals surface area contributed by atoms with Gasteiger partial charge in [0.1, 0.15) is 12.2 Å². The van der Waals surface area contributed by atoms with E-state index >= 15 is 0 Å². The zero-order valence-corrected chi connectivity index (χ0v) is 23.6. The molecule has 0 saturated heterocycles. The van der Waals surface area contributed by atoms with Crippen molar-refractivity contribution in [3.05, 3.63) is 93.5 Å². The monoisotopic (exact) mass is 586 g/mol. The topological polar surface area (TPSA) is 144 Å². The maximum Gasteiger partial charge on any atom is 0.411 e. The van der Waals surface area contributed by atoms with Crippen LogP contribution in [0.2, 0.25) is 5.02 Å². The molecule has 6 rings (SSSR count). The number of ether oxygens (including phenoxy) is 1. The first-order valence-corrected chi connectivity index (χ1v) is 13.7. The third-order valence-corrected chi connectivity index (χ3v) is 7.67. The van der Waals surface area contributed by atoms with E-state index in [0.717, 1.165) is 33.8 Å². The van der Waals surface area contributed by atoms with Gasteiger partial charge < -0.3 is 19.4 Å². The standard InChI is InChI=1S/C29H27ClN8O4/c1-17-27(18-3-6-21(7-4-18)36(29(40)41)11-12-42-2)33-28(32-17)25-10-8-22-13-19(14-26(39)38(22)25)23-15-20(30)5-9-24(23)37-16-31-34-35-37/h3-7,9,13-16,25H,8,10-12H2,1-2H3,(H,32,33)(H,40,41)/t25-/m0/s1. The molecule has 5 aromatic rings. The molecule has 0 spiro atoms. The molecule has 42 heavy (non-hydrogen) atoms. The largest absolute Gasteiger partial charge is 0.465 e. The number of benzene rings is 2. The molecule has 0 radical (unpaired) electrons. The number of nitrogens with one attached hydrogen (secondary N) is 1. The van der Waals surface area contributed by atoms with E-state index in [-0.39, 0.29) is 18.1 Å². The molecule has 13 heteroatoms. The van der Waals surface area contributed by atoms with Gasteiger partial charge in [-0.2, -0.15) is 4.68 Å². The Morgan fingerprint density at radius 3 is 2.69 bits per heavy atom. The van der Waals surface area contributed by atoms with Crippen LogP contribution in [0.5, 0.6) is 0 Å². The Bertz CT molecular complexity index is 1810. The van der Waals surface area contributed by atoms with E-state index in [9.17, 15) is 14.7 Å². The van der Waals surface area contributed by atoms with Crippen molar-refractivity contribution in [3.63, 3.8) is 0 Å². The molecule has 1 aliphatic rings. The van der Waals surface area contributed by atoms with Gasteiger partial charge in [-0.25, -0.2) is 9.78 Å². The number of amides is 1. The Morgan fingerprint density at radius 1 is 1.17 bits per heavy atom. The van der Waals surface area contributed by atoms with Crippen molar-refractivity contribution in [2.75, 3.05) is 25.2 Å². The summed E-state index contributed by atoms with van der Waals surface area (Å²) >= 11 is 6.32. The van der Waals surface area contributed by atoms with Gasteiger partial charge in [-0.05, 0) is 77.7 Å². The molecule has 0 aliphatic carbocycles. The van der Waals surface area contributed by atoms with E-state index in [2.05, 4.69) is 20.5 Å². The van der Waals surface area contributed by atoms with Crippen molar-refractivity contribution in [3.8, 4) is 28.1 Å². The quantitative estimate of drug-likeness (QED) is 0.270. The summed E-state index contributed by atoms with van der Waals surface area (Å²) in [6.07, 6.45) is 1.86. The zero-order chi connectivity index (χ0) is 29.4. The highest BCUT2D eigenvalue weighted by molar-refractivity contribution is 6.31. The second-order valence-corrected chi connectivity index (χ2v) is 10.4. The summed E-state index contributed by atoms with van der Waals surface area (Å²) in [5.74, 6) is 0.699. The minimum Gasteiger partial charge on any atom is -0.465 e. The molecule has 0 fully saturated rings. The molecule has 3 aromatic heterocycles. The van der Waals surface area contributed by atoms with Crippen molar-refractivity contribution >= 4 is 23.4 Å². The van der Waals surface area contributed by atoms with Crippen LogP contribution in [-0.2, 0) is 11.2 Å². The second kappa shape index (κ2) is 11.2. The maximum atomic E-state index is 13.5. The lowest BCUT2D eigenvalue weighted by Crippen LogP contribution is -2.32. The molecular weight excluding hydrogens is 560 g/mol. The Hall–Kier alpha value is -4.81. The number of rotatable bonds is 8. The van der Waals surface area contributed by atoms with Crippen molar-refractivity contribution < 1.29 is 14.6 Å². The number of tetrazole rings is 1. The molecule has 1 amide bonds. The van der Waals surface area contributed by atoms with Gasteiger partial charge in [0.2, 0.25) is 0 Å². The van der Waals surface area contributed by atoms with E-state index in [1.807, 2.05) is 31.2 Å². The van der Waals surface area contributed by atoms with Gasteiger partial charge in [-0.3, -0.25) is 9.69 Å². The Morgan fingerprint density at radius 2 is 1.98 bits per heavy atom. The van der Waals surface area contributed by atoms with Crippen LogP contribution < -0.4 is 10.5 Å². The lowest BCUT2D eigenvalue weighted by atomic mass is 10.0. The highest BCUT2D eigenvalue weighted by Gasteiger charge is 2.29. The summed E-state index contributed by atoms with van der Waals surface area (Å²) in [5.41, 5.74) is 5.98. The molecule has 1 aliphatic heterocycles. The molecule has 1 atom stereocenters. The normalized spacial score (nSPS) is 14.2. The third-order valence-electron chi connectivity index (χ3n) is 7.44. The average Bonchev–Trinajstić information content (AvgIpc) is 3.74. The number of imidazole rings is 1. The number of pyridine rings is 1. The van der Waals surface area contributed by atoms with Crippen LogP contribution in [0.3, 0.4) is 0 Å². The molecule has 0 bridgehead atoms. The first-order chi connectivity index (χ1) is 20.3. The fraction of sp³-hybridized carbons (Fsp3) is 0.241. The minimum absolute atomic E-state index is 0.141. The van der Waals surface area contributed by atoms with Crippen LogP contribution in [0, 0.1) is 6.92 Å². The number of hydrogen-bond donors (Lipinski definition) is 2. The summed E-state index contributed by atoms with van der Waals surface area (Å²) in [6, 6.07) is 16.0. The zero-order valence-electron chi connectivity index (χ0n) is 22.9. The van der Waals surface area contributed by atoms with Gasteiger partial charge in [-0.1, -0.05) is 23.7 Å². The van der Waals surface area contributed by atoms with E-state index in [0.29, 0.717) is 41.7 Å². The van der Waals surface area contributed by atoms with Gasteiger partial charge in [0, 0.05) is 35.1 Å². The van der Waals surface area contributed by atoms with E-state index in [1.165, 1.54) is 23.0 Å². The summed E-state index contributed by atoms with van der Waals surface area (Å²) in [7, 11) is 1.53. The number of anilines is 1. The van der Waals surface area contributed by atoms with Crippen LogP contribution in [0.1, 0.15) is 29.7 Å². The van der Waals surface area contributed by atoms with Crippen LogP contribution in [-0.4, -0.2) is 66.2 Å². The molecule has 0 unspecified atom stereocenters. The number of H-pyrrole nitrogens is 1. The highest BCUT2D eigenvalue weighted by atomic mass is 35.5. The molecule has 2 N–H and O–H groups in total. The third kappa shape index (κ3) is 5.06. The SMILES string of the molecule is COCCN(C(=O)O)c1ccc(-c2[nH]c([C@@H]3CCc4cc(-c5cc(Cl)ccc5-n5cnnn5)cc(=O)n43)nc2C)cc1. The highest BCUT2D eigenvalue weighted by Crippen LogP contribution is 2.35. The summed E-state index contributed by atoms with van der Waals surface area (Å²) in [4.78, 5) is 34.7. The van der Waals surface area contributed by atoms with Crippen molar-refractivity contribution in [2.45, 2.75) is 25.8 Å². The van der Waals surface area contributed by atoms with Gasteiger partial charge in [0.05, 0.1) is 36.3 Å².